The number of hydrogen-bond donors (Lipinski definition) is 3. The van der Waals surface area contributed by atoms with Crippen LogP contribution >= 0.6 is 0 Å². The molecule has 3 fully saturated rings. The first-order valence-electron chi connectivity index (χ1n) is 19.8. The van der Waals surface area contributed by atoms with Crippen LogP contribution in [0.15, 0.2) is 30.4 Å². The second-order valence-corrected chi connectivity index (χ2v) is 20.3. The average molecular weight is 794 g/mol. The number of allylic oxidation sites excluding steroid dienone is 1. The molecule has 3 aliphatic heterocycles. The predicted molar refractivity (Wildman–Crippen MR) is 209 cm³/mol. The summed E-state index contributed by atoms with van der Waals surface area (Å²) < 4.78 is 40.1. The first-order valence-corrected chi connectivity index (χ1v) is 21.3. The number of aryl methyl sites for hydroxylation is 2. The number of nitrogens with zero attached hydrogens (tertiary/aromatic N) is 3. The first kappa shape index (κ1) is 39.8. The number of carboxylic acid groups (broad SMARTS) is 1. The molecule has 5 aliphatic rings. The number of methoxy groups -OCH3 is 1. The number of aromatic nitrogens is 1. The normalized spacial score (nSPS) is 29.4. The lowest BCUT2D eigenvalue weighted by molar-refractivity contribution is -0.143. The number of pyridine rings is 1. The smallest absolute Gasteiger partial charge is 0.407 e. The van der Waals surface area contributed by atoms with E-state index in [0.717, 1.165) is 29.3 Å². The van der Waals surface area contributed by atoms with E-state index < -0.39 is 73.1 Å². The van der Waals surface area contributed by atoms with Gasteiger partial charge in [-0.15, -0.1) is 0 Å². The fourth-order valence-corrected chi connectivity index (χ4v) is 10.1. The molecule has 56 heavy (non-hydrogen) atoms. The highest BCUT2D eigenvalue weighted by Crippen LogP contribution is 2.49. The van der Waals surface area contributed by atoms with Gasteiger partial charge in [-0.25, -0.2) is 18.2 Å². The molecule has 15 heteroatoms. The van der Waals surface area contributed by atoms with Crippen LogP contribution in [-0.4, -0.2) is 100 Å². The second kappa shape index (κ2) is 14.2. The second-order valence-electron chi connectivity index (χ2n) is 18.1. The van der Waals surface area contributed by atoms with Crippen LogP contribution in [0.5, 0.6) is 11.5 Å². The maximum Gasteiger partial charge on any atom is 0.407 e. The largest absolute Gasteiger partial charge is 0.497 e. The number of fused-ring (bicyclic) bond motifs is 5. The number of carbonyl (C=O) groups excluding carboxylic acids is 3. The lowest BCUT2D eigenvalue weighted by atomic mass is 9.87. The number of benzene rings is 1. The molecule has 2 aromatic rings. The summed E-state index contributed by atoms with van der Waals surface area (Å²) in [4.78, 5) is 64.2. The predicted octanol–water partition coefficient (Wildman–Crippen LogP) is 5.00. The highest BCUT2D eigenvalue weighted by atomic mass is 32.2. The van der Waals surface area contributed by atoms with Gasteiger partial charge in [-0.3, -0.25) is 24.0 Å². The number of rotatable bonds is 6. The fraction of sp³-hybridized carbons (Fsp3) is 0.634. The van der Waals surface area contributed by atoms with E-state index >= 15 is 4.79 Å². The van der Waals surface area contributed by atoms with Gasteiger partial charge in [-0.05, 0) is 88.8 Å². The Labute approximate surface area is 328 Å². The molecule has 1 aromatic carbocycles. The van der Waals surface area contributed by atoms with E-state index in [1.54, 1.807) is 14.0 Å². The number of ether oxygens (including phenoxy) is 2. The molecule has 0 unspecified atom stereocenters. The van der Waals surface area contributed by atoms with Crippen LogP contribution in [0, 0.1) is 18.3 Å². The molecule has 4 heterocycles. The summed E-state index contributed by atoms with van der Waals surface area (Å²) in [6.45, 7) is 9.30. The van der Waals surface area contributed by atoms with Crippen LogP contribution in [0.3, 0.4) is 0 Å². The standard InChI is InChI=1S/C41H55N5O9S/c1-25-33-28(29-20-27(54-6)14-15-30(29)42-25)16-17-40(55-33)22-32-34(47)43-41(36(49)44-56(52,53)39(5)18-19-39)21-26(41)12-10-8-7-9-11-13-31(35(48)45(32)24-40)46(37(50)51)23-38(2,3)4/h10,12,14-15,20,26,31-32H,7-9,11,13,16-19,21-24H2,1-6H3,(H,43,47)(H,44,49)(H,50,51)/b12-10-/t26-,31+,32+,40-,41-/m1/s1. The zero-order chi connectivity index (χ0) is 40.4. The molecule has 2 aliphatic carbocycles. The van der Waals surface area contributed by atoms with Crippen molar-refractivity contribution in [3.05, 3.63) is 41.6 Å². The highest BCUT2D eigenvalue weighted by Gasteiger charge is 2.64. The van der Waals surface area contributed by atoms with E-state index in [1.165, 1.54) is 9.80 Å². The van der Waals surface area contributed by atoms with E-state index in [1.807, 2.05) is 58.0 Å². The van der Waals surface area contributed by atoms with Crippen LogP contribution in [-0.2, 0) is 30.8 Å². The number of amides is 4. The van der Waals surface area contributed by atoms with Crippen molar-refractivity contribution in [3.8, 4) is 11.5 Å². The lowest BCUT2D eigenvalue weighted by Gasteiger charge is -2.38. The van der Waals surface area contributed by atoms with Gasteiger partial charge in [0.1, 0.15) is 34.7 Å². The van der Waals surface area contributed by atoms with Crippen LogP contribution < -0.4 is 19.5 Å². The van der Waals surface area contributed by atoms with Crippen LogP contribution in [0.1, 0.15) is 103 Å². The Morgan fingerprint density at radius 3 is 2.57 bits per heavy atom. The van der Waals surface area contributed by atoms with Crippen molar-refractivity contribution in [1.82, 2.24) is 24.8 Å². The van der Waals surface area contributed by atoms with Crippen molar-refractivity contribution in [3.63, 3.8) is 0 Å². The molecule has 0 bridgehead atoms. The summed E-state index contributed by atoms with van der Waals surface area (Å²) in [6, 6.07) is 3.47. The van der Waals surface area contributed by atoms with Crippen LogP contribution in [0.4, 0.5) is 4.79 Å². The Morgan fingerprint density at radius 1 is 1.14 bits per heavy atom. The Kier molecular flexibility index (Phi) is 10.1. The Bertz CT molecular complexity index is 2090. The number of nitrogens with one attached hydrogen (secondary N) is 2. The van der Waals surface area contributed by atoms with Crippen molar-refractivity contribution >= 4 is 44.7 Å². The third kappa shape index (κ3) is 7.43. The summed E-state index contributed by atoms with van der Waals surface area (Å²) in [6.07, 6.45) is 7.80. The first-order chi connectivity index (χ1) is 26.3. The number of sulfonamides is 1. The molecular weight excluding hydrogens is 739 g/mol. The fourth-order valence-electron chi connectivity index (χ4n) is 8.76. The number of carbonyl (C=O) groups is 4. The van der Waals surface area contributed by atoms with Crippen molar-refractivity contribution in [2.45, 2.75) is 133 Å². The van der Waals surface area contributed by atoms with E-state index in [-0.39, 0.29) is 32.4 Å². The molecular formula is C41H55N5O9S. The van der Waals surface area contributed by atoms with Gasteiger partial charge in [0.05, 0.1) is 29.6 Å². The third-order valence-corrected chi connectivity index (χ3v) is 14.6. The van der Waals surface area contributed by atoms with Crippen molar-refractivity contribution in [2.75, 3.05) is 20.2 Å². The molecule has 0 radical (unpaired) electrons. The van der Waals surface area contributed by atoms with Gasteiger partial charge in [-0.1, -0.05) is 45.8 Å². The minimum Gasteiger partial charge on any atom is -0.497 e. The molecule has 7 rings (SSSR count). The van der Waals surface area contributed by atoms with E-state index in [9.17, 15) is 27.9 Å². The number of hydrogen-bond acceptors (Lipinski definition) is 9. The van der Waals surface area contributed by atoms with Crippen LogP contribution in [0.25, 0.3) is 10.9 Å². The minimum absolute atomic E-state index is 0.00763. The third-order valence-electron chi connectivity index (χ3n) is 12.4. The maximum absolute atomic E-state index is 15.0. The summed E-state index contributed by atoms with van der Waals surface area (Å²) in [7, 11) is -2.41. The molecule has 304 valence electrons. The van der Waals surface area contributed by atoms with Gasteiger partial charge >= 0.3 is 6.09 Å². The SMILES string of the molecule is COc1ccc2nc(C)c3c(c2c1)CC[C@]1(C[C@H]2C(=O)N[C@]4(C(=O)NS(=O)(=O)C5(C)CC5)C[C@H]4/C=C\CCCCC[C@H](N(CC(C)(C)C)C(=O)O)C(=O)N2C1)O3. The highest BCUT2D eigenvalue weighted by molar-refractivity contribution is 7.91. The van der Waals surface area contributed by atoms with Crippen LogP contribution in [0.2, 0.25) is 0 Å². The summed E-state index contributed by atoms with van der Waals surface area (Å²) in [5.74, 6) is -1.10. The van der Waals surface area contributed by atoms with Crippen molar-refractivity contribution in [2.24, 2.45) is 11.3 Å². The lowest BCUT2D eigenvalue weighted by Crippen LogP contribution is -2.59. The summed E-state index contributed by atoms with van der Waals surface area (Å²) in [5, 5.41) is 14.4. The van der Waals surface area contributed by atoms with Gasteiger partial charge in [-0.2, -0.15) is 0 Å². The molecule has 1 spiro atoms. The van der Waals surface area contributed by atoms with Gasteiger partial charge in [0.15, 0.2) is 0 Å². The summed E-state index contributed by atoms with van der Waals surface area (Å²) >= 11 is 0. The Balaban J connectivity index is 1.27. The van der Waals surface area contributed by atoms with Gasteiger partial charge < -0.3 is 24.8 Å². The maximum atomic E-state index is 15.0. The van der Waals surface area contributed by atoms with E-state index in [2.05, 4.69) is 10.0 Å². The molecule has 3 N–H and O–H groups in total. The van der Waals surface area contributed by atoms with Crippen molar-refractivity contribution in [1.29, 1.82) is 0 Å². The van der Waals surface area contributed by atoms with Gasteiger partial charge in [0.2, 0.25) is 21.8 Å². The molecule has 1 saturated heterocycles. The summed E-state index contributed by atoms with van der Waals surface area (Å²) in [5.41, 5.74) is -0.626. The zero-order valence-corrected chi connectivity index (χ0v) is 34.1. The van der Waals surface area contributed by atoms with Gasteiger partial charge in [0, 0.05) is 29.8 Å². The van der Waals surface area contributed by atoms with Crippen molar-refractivity contribution < 1.29 is 42.2 Å². The quantitative estimate of drug-likeness (QED) is 0.336. The topological polar surface area (TPSA) is 185 Å². The van der Waals surface area contributed by atoms with E-state index in [4.69, 9.17) is 14.5 Å². The molecule has 1 aromatic heterocycles. The van der Waals surface area contributed by atoms with E-state index in [0.29, 0.717) is 55.7 Å². The van der Waals surface area contributed by atoms with Gasteiger partial charge in [0.25, 0.3) is 5.91 Å². The minimum atomic E-state index is -4.01. The molecule has 2 saturated carbocycles. The monoisotopic (exact) mass is 793 g/mol. The molecule has 5 atom stereocenters. The zero-order valence-electron chi connectivity index (χ0n) is 33.3. The average Bonchev–Trinajstić information content (AvgIpc) is 4.02. The Hall–Kier alpha value is -4.40. The Morgan fingerprint density at radius 2 is 1.89 bits per heavy atom. The molecule has 14 nitrogen and oxygen atoms in total. The molecule has 4 amide bonds.